The first-order valence-electron chi connectivity index (χ1n) is 10.1. The number of carbonyl (C=O) groups is 1. The Kier molecular flexibility index (Phi) is 7.21. The summed E-state index contributed by atoms with van der Waals surface area (Å²) < 4.78 is 41.1. The molecule has 1 aliphatic rings. The summed E-state index contributed by atoms with van der Waals surface area (Å²) in [5.74, 6) is 2.47. The summed E-state index contributed by atoms with van der Waals surface area (Å²) in [6, 6.07) is 9.84. The van der Waals surface area contributed by atoms with Gasteiger partial charge in [0.05, 0.1) is 5.56 Å². The molecule has 5 nitrogen and oxygen atoms in total. The number of hydrogen-bond acceptors (Lipinski definition) is 3. The van der Waals surface area contributed by atoms with E-state index in [1.54, 1.807) is 24.3 Å². The minimum absolute atomic E-state index is 0.0737. The zero-order valence-electron chi connectivity index (χ0n) is 17.3. The Morgan fingerprint density at radius 3 is 2.16 bits per heavy atom. The molecule has 0 radical (unpaired) electrons. The second kappa shape index (κ2) is 9.86. The molecule has 1 aliphatic heterocycles. The Balaban J connectivity index is 1.69. The van der Waals surface area contributed by atoms with E-state index in [9.17, 15) is 18.0 Å². The van der Waals surface area contributed by atoms with Crippen molar-refractivity contribution in [1.82, 2.24) is 9.80 Å². The van der Waals surface area contributed by atoms with Crippen LogP contribution in [0.5, 0.6) is 0 Å². The highest BCUT2D eigenvalue weighted by molar-refractivity contribution is 5.99. The number of benzene rings is 2. The number of hydrogen-bond donors (Lipinski definition) is 2. The molecular weight excluding hydrogens is 405 g/mol. The van der Waals surface area contributed by atoms with Crippen molar-refractivity contribution >= 4 is 17.4 Å². The fourth-order valence-electron chi connectivity index (χ4n) is 3.50. The van der Waals surface area contributed by atoms with Crippen molar-refractivity contribution in [2.75, 3.05) is 43.4 Å². The molecule has 2 amide bonds. The van der Waals surface area contributed by atoms with E-state index in [1.165, 1.54) is 12.1 Å². The SMILES string of the molecule is C#Cc1ccc(NC(=O)Nc2ccc(CN3CCN(CC)CC3)c(C(F)(F)F)c2)cc1. The molecule has 8 heteroatoms. The van der Waals surface area contributed by atoms with Gasteiger partial charge < -0.3 is 15.5 Å². The van der Waals surface area contributed by atoms with Gasteiger partial charge in [0.1, 0.15) is 0 Å². The molecule has 2 aromatic rings. The molecule has 0 atom stereocenters. The van der Waals surface area contributed by atoms with Crippen molar-refractivity contribution in [1.29, 1.82) is 0 Å². The van der Waals surface area contributed by atoms with Gasteiger partial charge in [0.15, 0.2) is 0 Å². The van der Waals surface area contributed by atoms with Gasteiger partial charge in [-0.15, -0.1) is 6.42 Å². The molecule has 3 rings (SSSR count). The van der Waals surface area contributed by atoms with Gasteiger partial charge in [-0.2, -0.15) is 13.2 Å². The van der Waals surface area contributed by atoms with E-state index in [0.29, 0.717) is 11.3 Å². The van der Waals surface area contributed by atoms with E-state index in [2.05, 4.69) is 28.4 Å². The van der Waals surface area contributed by atoms with Gasteiger partial charge in [-0.05, 0) is 48.5 Å². The quantitative estimate of drug-likeness (QED) is 0.689. The highest BCUT2D eigenvalue weighted by Crippen LogP contribution is 2.34. The molecule has 2 N–H and O–H groups in total. The molecule has 31 heavy (non-hydrogen) atoms. The zero-order valence-corrected chi connectivity index (χ0v) is 17.3. The Morgan fingerprint density at radius 1 is 1.00 bits per heavy atom. The number of carbonyl (C=O) groups excluding carboxylic acids is 1. The lowest BCUT2D eigenvalue weighted by Gasteiger charge is -2.34. The highest BCUT2D eigenvalue weighted by Gasteiger charge is 2.34. The summed E-state index contributed by atoms with van der Waals surface area (Å²) in [5, 5.41) is 5.04. The standard InChI is InChI=1S/C23H25F3N4O/c1-3-17-5-8-19(9-6-17)27-22(31)28-20-10-7-18(21(15-20)23(24,25)26)16-30-13-11-29(4-2)12-14-30/h1,5-10,15H,4,11-14,16H2,2H3,(H2,27,28,31). The molecule has 0 spiro atoms. The summed E-state index contributed by atoms with van der Waals surface area (Å²) >= 11 is 0. The van der Waals surface area contributed by atoms with Crippen LogP contribution in [0.15, 0.2) is 42.5 Å². The number of terminal acetylenes is 1. The Labute approximate surface area is 180 Å². The molecule has 0 unspecified atom stereocenters. The average molecular weight is 430 g/mol. The summed E-state index contributed by atoms with van der Waals surface area (Å²) in [6.45, 7) is 6.39. The molecule has 0 aliphatic carbocycles. The van der Waals surface area contributed by atoms with E-state index in [-0.39, 0.29) is 17.8 Å². The zero-order chi connectivity index (χ0) is 22.4. The van der Waals surface area contributed by atoms with Crippen molar-refractivity contribution in [2.24, 2.45) is 0 Å². The minimum Gasteiger partial charge on any atom is -0.308 e. The molecule has 164 valence electrons. The van der Waals surface area contributed by atoms with Gasteiger partial charge in [-0.3, -0.25) is 4.90 Å². The van der Waals surface area contributed by atoms with Crippen LogP contribution in [-0.2, 0) is 12.7 Å². The van der Waals surface area contributed by atoms with E-state index >= 15 is 0 Å². The monoisotopic (exact) mass is 430 g/mol. The number of anilines is 2. The third-order valence-electron chi connectivity index (χ3n) is 5.29. The Bertz CT molecular complexity index is 943. The molecule has 0 bridgehead atoms. The van der Waals surface area contributed by atoms with E-state index in [4.69, 9.17) is 6.42 Å². The van der Waals surface area contributed by atoms with E-state index in [0.717, 1.165) is 38.8 Å². The first-order valence-corrected chi connectivity index (χ1v) is 10.1. The smallest absolute Gasteiger partial charge is 0.308 e. The minimum atomic E-state index is -4.51. The number of amides is 2. The van der Waals surface area contributed by atoms with Crippen molar-refractivity contribution in [3.8, 4) is 12.3 Å². The van der Waals surface area contributed by atoms with Crippen LogP contribution in [0.2, 0.25) is 0 Å². The third-order valence-corrected chi connectivity index (χ3v) is 5.29. The molecule has 1 heterocycles. The van der Waals surface area contributed by atoms with Crippen LogP contribution in [0, 0.1) is 12.3 Å². The van der Waals surface area contributed by atoms with Gasteiger partial charge in [0.2, 0.25) is 0 Å². The third kappa shape index (κ3) is 6.23. The normalized spacial score (nSPS) is 15.3. The van der Waals surface area contributed by atoms with Crippen LogP contribution in [0.1, 0.15) is 23.6 Å². The number of nitrogens with zero attached hydrogens (tertiary/aromatic N) is 2. The van der Waals surface area contributed by atoms with Crippen molar-refractivity contribution in [2.45, 2.75) is 19.6 Å². The van der Waals surface area contributed by atoms with E-state index in [1.807, 2.05) is 4.90 Å². The number of urea groups is 1. The van der Waals surface area contributed by atoms with Crippen molar-refractivity contribution < 1.29 is 18.0 Å². The highest BCUT2D eigenvalue weighted by atomic mass is 19.4. The van der Waals surface area contributed by atoms with Crippen molar-refractivity contribution in [3.63, 3.8) is 0 Å². The van der Waals surface area contributed by atoms with Crippen LogP contribution < -0.4 is 10.6 Å². The fraction of sp³-hybridized carbons (Fsp3) is 0.348. The Morgan fingerprint density at radius 2 is 1.58 bits per heavy atom. The number of likely N-dealkylation sites (N-methyl/N-ethyl adjacent to an activating group) is 1. The molecule has 2 aromatic carbocycles. The van der Waals surface area contributed by atoms with Gasteiger partial charge in [-0.25, -0.2) is 4.79 Å². The van der Waals surface area contributed by atoms with Crippen LogP contribution >= 0.6 is 0 Å². The first-order chi connectivity index (χ1) is 14.8. The Hall–Kier alpha value is -3.02. The van der Waals surface area contributed by atoms with E-state index < -0.39 is 17.8 Å². The summed E-state index contributed by atoms with van der Waals surface area (Å²) in [6.07, 6.45) is 0.775. The topological polar surface area (TPSA) is 47.6 Å². The first kappa shape index (κ1) is 22.7. The van der Waals surface area contributed by atoms with Crippen LogP contribution in [0.25, 0.3) is 0 Å². The maximum absolute atomic E-state index is 13.7. The molecule has 1 fully saturated rings. The maximum atomic E-state index is 13.7. The number of rotatable bonds is 5. The maximum Gasteiger partial charge on any atom is 0.416 e. The lowest BCUT2D eigenvalue weighted by atomic mass is 10.0. The average Bonchev–Trinajstić information content (AvgIpc) is 2.75. The second-order valence-corrected chi connectivity index (χ2v) is 7.38. The predicted octanol–water partition coefficient (Wildman–Crippen LogP) is 4.47. The number of alkyl halides is 3. The van der Waals surface area contributed by atoms with Gasteiger partial charge in [0, 0.05) is 49.7 Å². The largest absolute Gasteiger partial charge is 0.416 e. The number of piperazine rings is 1. The van der Waals surface area contributed by atoms with Crippen LogP contribution in [0.3, 0.4) is 0 Å². The molecule has 1 saturated heterocycles. The second-order valence-electron chi connectivity index (χ2n) is 7.38. The number of nitrogens with one attached hydrogen (secondary N) is 2. The van der Waals surface area contributed by atoms with Gasteiger partial charge in [-0.1, -0.05) is 18.9 Å². The summed E-state index contributed by atoms with van der Waals surface area (Å²) in [7, 11) is 0. The molecular formula is C23H25F3N4O. The predicted molar refractivity (Wildman–Crippen MR) is 116 cm³/mol. The summed E-state index contributed by atoms with van der Waals surface area (Å²) in [5.41, 5.74) is 0.683. The lowest BCUT2D eigenvalue weighted by molar-refractivity contribution is -0.138. The van der Waals surface area contributed by atoms with Crippen molar-refractivity contribution in [3.05, 3.63) is 59.2 Å². The number of halogens is 3. The van der Waals surface area contributed by atoms with Crippen LogP contribution in [0.4, 0.5) is 29.3 Å². The fourth-order valence-corrected chi connectivity index (χ4v) is 3.50. The molecule has 0 saturated carbocycles. The molecule has 0 aromatic heterocycles. The van der Waals surface area contributed by atoms with Gasteiger partial charge >= 0.3 is 12.2 Å². The lowest BCUT2D eigenvalue weighted by Crippen LogP contribution is -2.45. The summed E-state index contributed by atoms with van der Waals surface area (Å²) in [4.78, 5) is 16.5. The van der Waals surface area contributed by atoms with Crippen LogP contribution in [-0.4, -0.2) is 48.6 Å². The van der Waals surface area contributed by atoms with Gasteiger partial charge in [0.25, 0.3) is 0 Å².